The number of hydrogen-bond donors (Lipinski definition) is 1. The van der Waals surface area contributed by atoms with E-state index in [0.29, 0.717) is 18.2 Å². The highest BCUT2D eigenvalue weighted by Gasteiger charge is 2.41. The molecule has 0 aromatic carbocycles. The molecule has 1 aromatic heterocycles. The third kappa shape index (κ3) is 3.93. The van der Waals surface area contributed by atoms with Crippen LogP contribution in [0.15, 0.2) is 17.5 Å². The second kappa shape index (κ2) is 7.51. The maximum atomic E-state index is 12.7. The highest BCUT2D eigenvalue weighted by atomic mass is 32.2. The van der Waals surface area contributed by atoms with E-state index >= 15 is 0 Å². The van der Waals surface area contributed by atoms with Crippen LogP contribution in [-0.4, -0.2) is 39.6 Å². The molecule has 118 valence electrons. The van der Waals surface area contributed by atoms with E-state index < -0.39 is 10.8 Å². The number of carbonyl (C=O) groups is 1. The van der Waals surface area contributed by atoms with Gasteiger partial charge in [0.25, 0.3) is 0 Å². The Morgan fingerprint density at radius 3 is 2.86 bits per heavy atom. The van der Waals surface area contributed by atoms with Crippen LogP contribution < -0.4 is 5.32 Å². The first-order chi connectivity index (χ1) is 10.0. The number of hydrogen-bond acceptors (Lipinski definition) is 4. The number of thiophene rings is 1. The van der Waals surface area contributed by atoms with Gasteiger partial charge in [-0.1, -0.05) is 26.3 Å². The first kappa shape index (κ1) is 16.6. The van der Waals surface area contributed by atoms with Crippen molar-refractivity contribution in [3.63, 3.8) is 0 Å². The van der Waals surface area contributed by atoms with Crippen molar-refractivity contribution in [2.24, 2.45) is 5.92 Å². The van der Waals surface area contributed by atoms with Gasteiger partial charge in [0, 0.05) is 34.2 Å². The van der Waals surface area contributed by atoms with E-state index in [2.05, 4.69) is 25.2 Å². The summed E-state index contributed by atoms with van der Waals surface area (Å²) in [4.78, 5) is 15.8. The Hall–Kier alpha value is -0.720. The molecule has 4 nitrogen and oxygen atoms in total. The SMILES string of the molecule is CCC(C)C1NC(c2cccs2)N(CCCS(C)=O)C1=O. The minimum absolute atomic E-state index is 0.0261. The van der Waals surface area contributed by atoms with Crippen LogP contribution in [0.25, 0.3) is 0 Å². The molecular formula is C15H24N2O2S2. The molecule has 0 spiro atoms. The molecule has 1 fully saturated rings. The smallest absolute Gasteiger partial charge is 0.241 e. The topological polar surface area (TPSA) is 49.4 Å². The fraction of sp³-hybridized carbons (Fsp3) is 0.667. The molecule has 1 amide bonds. The second-order valence-electron chi connectivity index (χ2n) is 5.61. The molecule has 1 N–H and O–H groups in total. The lowest BCUT2D eigenvalue weighted by Gasteiger charge is -2.23. The molecule has 21 heavy (non-hydrogen) atoms. The standard InChI is InChI=1S/C15H24N2O2S2/c1-4-11(2)13-15(18)17(8-6-10-21(3)19)14(16-13)12-7-5-9-20-12/h5,7,9,11,13-14,16H,4,6,8,10H2,1-3H3. The van der Waals surface area contributed by atoms with Gasteiger partial charge in [0.15, 0.2) is 0 Å². The molecule has 1 saturated heterocycles. The zero-order chi connectivity index (χ0) is 15.4. The Balaban J connectivity index is 2.12. The summed E-state index contributed by atoms with van der Waals surface area (Å²) in [7, 11) is -0.800. The van der Waals surface area contributed by atoms with Gasteiger partial charge in [0.05, 0.1) is 6.04 Å². The summed E-state index contributed by atoms with van der Waals surface area (Å²) in [6, 6.07) is 3.98. The molecule has 0 aliphatic carbocycles. The number of carbonyl (C=O) groups excluding carboxylic acids is 1. The molecule has 0 saturated carbocycles. The van der Waals surface area contributed by atoms with E-state index in [0.717, 1.165) is 12.8 Å². The molecule has 1 aliphatic rings. The van der Waals surface area contributed by atoms with Gasteiger partial charge in [-0.15, -0.1) is 11.3 Å². The Morgan fingerprint density at radius 2 is 2.29 bits per heavy atom. The fourth-order valence-electron chi connectivity index (χ4n) is 2.64. The van der Waals surface area contributed by atoms with Gasteiger partial charge in [-0.05, 0) is 23.8 Å². The molecule has 4 unspecified atom stereocenters. The van der Waals surface area contributed by atoms with Crippen molar-refractivity contribution < 1.29 is 9.00 Å². The normalized spacial score (nSPS) is 25.3. The van der Waals surface area contributed by atoms with Crippen LogP contribution in [0.1, 0.15) is 37.7 Å². The maximum Gasteiger partial charge on any atom is 0.241 e. The summed E-state index contributed by atoms with van der Waals surface area (Å²) in [5, 5.41) is 5.53. The first-order valence-corrected chi connectivity index (χ1v) is 10.0. The van der Waals surface area contributed by atoms with Crippen LogP contribution in [0.4, 0.5) is 0 Å². The van der Waals surface area contributed by atoms with Gasteiger partial charge in [0.2, 0.25) is 5.91 Å². The highest BCUT2D eigenvalue weighted by molar-refractivity contribution is 7.84. The van der Waals surface area contributed by atoms with Crippen LogP contribution in [0.5, 0.6) is 0 Å². The van der Waals surface area contributed by atoms with Gasteiger partial charge < -0.3 is 4.90 Å². The van der Waals surface area contributed by atoms with Gasteiger partial charge >= 0.3 is 0 Å². The van der Waals surface area contributed by atoms with Gasteiger partial charge in [-0.25, -0.2) is 0 Å². The maximum absolute atomic E-state index is 12.7. The minimum atomic E-state index is -0.800. The monoisotopic (exact) mass is 328 g/mol. The van der Waals surface area contributed by atoms with Crippen LogP contribution in [0.3, 0.4) is 0 Å². The molecule has 0 bridgehead atoms. The van der Waals surface area contributed by atoms with E-state index in [1.807, 2.05) is 16.3 Å². The lowest BCUT2D eigenvalue weighted by atomic mass is 9.99. The molecule has 2 heterocycles. The van der Waals surface area contributed by atoms with E-state index in [4.69, 9.17) is 0 Å². The lowest BCUT2D eigenvalue weighted by Crippen LogP contribution is -2.36. The van der Waals surface area contributed by atoms with E-state index in [9.17, 15) is 9.00 Å². The van der Waals surface area contributed by atoms with Gasteiger partial charge in [0.1, 0.15) is 6.17 Å². The van der Waals surface area contributed by atoms with Gasteiger partial charge in [-0.2, -0.15) is 0 Å². The number of amides is 1. The third-order valence-electron chi connectivity index (χ3n) is 4.05. The predicted octanol–water partition coefficient (Wildman–Crippen LogP) is 2.36. The zero-order valence-corrected chi connectivity index (χ0v) is 14.5. The molecule has 1 aromatic rings. The largest absolute Gasteiger partial charge is 0.321 e. The second-order valence-corrected chi connectivity index (χ2v) is 8.14. The minimum Gasteiger partial charge on any atom is -0.321 e. The van der Waals surface area contributed by atoms with Crippen molar-refractivity contribution in [3.8, 4) is 0 Å². The number of nitrogens with zero attached hydrogens (tertiary/aromatic N) is 1. The molecule has 2 rings (SSSR count). The molecular weight excluding hydrogens is 304 g/mol. The first-order valence-electron chi connectivity index (χ1n) is 7.44. The Labute approximate surface area is 133 Å². The molecule has 1 aliphatic heterocycles. The van der Waals surface area contributed by atoms with Crippen molar-refractivity contribution in [3.05, 3.63) is 22.4 Å². The quantitative estimate of drug-likeness (QED) is 0.836. The lowest BCUT2D eigenvalue weighted by molar-refractivity contribution is -0.130. The van der Waals surface area contributed by atoms with Crippen molar-refractivity contribution in [1.82, 2.24) is 10.2 Å². The number of rotatable bonds is 7. The van der Waals surface area contributed by atoms with Crippen LogP contribution in [0.2, 0.25) is 0 Å². The third-order valence-corrected chi connectivity index (χ3v) is 5.84. The Bertz CT molecular complexity index is 490. The fourth-order valence-corrected chi connectivity index (χ4v) is 3.97. The highest BCUT2D eigenvalue weighted by Crippen LogP contribution is 2.31. The summed E-state index contributed by atoms with van der Waals surface area (Å²) < 4.78 is 11.2. The van der Waals surface area contributed by atoms with E-state index in [1.165, 1.54) is 4.88 Å². The van der Waals surface area contributed by atoms with Crippen molar-refractivity contribution >= 4 is 28.0 Å². The average molecular weight is 329 g/mol. The average Bonchev–Trinajstić information content (AvgIpc) is 3.07. The Morgan fingerprint density at radius 1 is 1.52 bits per heavy atom. The molecule has 6 heteroatoms. The number of nitrogens with one attached hydrogen (secondary N) is 1. The van der Waals surface area contributed by atoms with Crippen LogP contribution >= 0.6 is 11.3 Å². The van der Waals surface area contributed by atoms with Crippen molar-refractivity contribution in [2.75, 3.05) is 18.6 Å². The van der Waals surface area contributed by atoms with Crippen molar-refractivity contribution in [1.29, 1.82) is 0 Å². The van der Waals surface area contributed by atoms with Crippen molar-refractivity contribution in [2.45, 2.75) is 38.9 Å². The molecule has 0 radical (unpaired) electrons. The zero-order valence-electron chi connectivity index (χ0n) is 12.9. The Kier molecular flexibility index (Phi) is 5.96. The predicted molar refractivity (Wildman–Crippen MR) is 88.7 cm³/mol. The van der Waals surface area contributed by atoms with Crippen LogP contribution in [0, 0.1) is 5.92 Å². The van der Waals surface area contributed by atoms with Crippen LogP contribution in [-0.2, 0) is 15.6 Å². The summed E-state index contributed by atoms with van der Waals surface area (Å²) in [6.07, 6.45) is 3.45. The van der Waals surface area contributed by atoms with Gasteiger partial charge in [-0.3, -0.25) is 14.3 Å². The van der Waals surface area contributed by atoms with E-state index in [1.54, 1.807) is 17.6 Å². The summed E-state index contributed by atoms with van der Waals surface area (Å²) in [6.45, 7) is 4.90. The summed E-state index contributed by atoms with van der Waals surface area (Å²) in [5.41, 5.74) is 0. The summed E-state index contributed by atoms with van der Waals surface area (Å²) >= 11 is 1.67. The molecule has 4 atom stereocenters. The van der Waals surface area contributed by atoms with E-state index in [-0.39, 0.29) is 18.1 Å². The summed E-state index contributed by atoms with van der Waals surface area (Å²) in [5.74, 6) is 1.16.